The third-order valence-corrected chi connectivity index (χ3v) is 2.39. The Morgan fingerprint density at radius 1 is 1.27 bits per heavy atom. The SMILES string of the molecule is CC(C)(O)C(C)(C)O[P+](=O)O. The van der Waals surface area contributed by atoms with Gasteiger partial charge < -0.3 is 5.11 Å². The summed E-state index contributed by atoms with van der Waals surface area (Å²) in [4.78, 5) is 8.43. The zero-order valence-electron chi connectivity index (χ0n) is 7.16. The van der Waals surface area contributed by atoms with Crippen LogP contribution in [-0.4, -0.2) is 21.2 Å². The van der Waals surface area contributed by atoms with Gasteiger partial charge in [0.15, 0.2) is 0 Å². The summed E-state index contributed by atoms with van der Waals surface area (Å²) >= 11 is 0. The molecule has 0 radical (unpaired) electrons. The van der Waals surface area contributed by atoms with Gasteiger partial charge in [-0.2, -0.15) is 0 Å². The molecule has 0 aliphatic heterocycles. The molecule has 1 unspecified atom stereocenters. The average Bonchev–Trinajstić information content (AvgIpc) is 1.56. The molecular formula is C6H14O4P+. The Morgan fingerprint density at radius 3 is 1.73 bits per heavy atom. The van der Waals surface area contributed by atoms with E-state index >= 15 is 0 Å². The first-order chi connectivity index (χ1) is 4.67. The van der Waals surface area contributed by atoms with Crippen molar-refractivity contribution < 1.29 is 19.1 Å². The monoisotopic (exact) mass is 181 g/mol. The van der Waals surface area contributed by atoms with Gasteiger partial charge in [-0.3, -0.25) is 0 Å². The van der Waals surface area contributed by atoms with Crippen LogP contribution in [0.3, 0.4) is 0 Å². The summed E-state index contributed by atoms with van der Waals surface area (Å²) in [5.41, 5.74) is -2.16. The van der Waals surface area contributed by atoms with E-state index in [1.807, 2.05) is 0 Å². The van der Waals surface area contributed by atoms with Crippen LogP contribution in [0.2, 0.25) is 0 Å². The highest BCUT2D eigenvalue weighted by molar-refractivity contribution is 7.32. The van der Waals surface area contributed by atoms with Crippen molar-refractivity contribution in [2.75, 3.05) is 0 Å². The maximum Gasteiger partial charge on any atom is 0.695 e. The van der Waals surface area contributed by atoms with Crippen LogP contribution >= 0.6 is 8.25 Å². The Kier molecular flexibility index (Phi) is 3.15. The second-order valence-corrected chi connectivity index (χ2v) is 4.06. The van der Waals surface area contributed by atoms with Gasteiger partial charge in [0, 0.05) is 4.57 Å². The molecule has 0 aromatic heterocycles. The second-order valence-electron chi connectivity index (χ2n) is 3.40. The van der Waals surface area contributed by atoms with Gasteiger partial charge in [-0.1, -0.05) is 0 Å². The van der Waals surface area contributed by atoms with Gasteiger partial charge >= 0.3 is 8.25 Å². The van der Waals surface area contributed by atoms with E-state index in [0.717, 1.165) is 0 Å². The fourth-order valence-corrected chi connectivity index (χ4v) is 0.921. The maximum atomic E-state index is 10.3. The standard InChI is InChI=1S/C6H13O4P/c1-5(2,7)6(3,4)10-11(8)9/h7H,1-4H3/p+1. The van der Waals surface area contributed by atoms with E-state index < -0.39 is 19.5 Å². The van der Waals surface area contributed by atoms with Gasteiger partial charge in [-0.15, -0.1) is 9.42 Å². The molecule has 4 nitrogen and oxygen atoms in total. The first kappa shape index (κ1) is 11.0. The predicted molar refractivity (Wildman–Crippen MR) is 41.3 cm³/mol. The van der Waals surface area contributed by atoms with Crippen molar-refractivity contribution in [1.29, 1.82) is 0 Å². The van der Waals surface area contributed by atoms with E-state index in [4.69, 9.17) is 4.89 Å². The number of rotatable bonds is 3. The molecule has 0 saturated carbocycles. The van der Waals surface area contributed by atoms with Crippen LogP contribution in [-0.2, 0) is 9.09 Å². The molecule has 0 aromatic carbocycles. The van der Waals surface area contributed by atoms with Crippen LogP contribution in [0.15, 0.2) is 0 Å². The highest BCUT2D eigenvalue weighted by atomic mass is 31.1. The molecule has 0 bridgehead atoms. The van der Waals surface area contributed by atoms with E-state index in [1.54, 1.807) is 13.8 Å². The lowest BCUT2D eigenvalue weighted by Gasteiger charge is -2.30. The summed E-state index contributed by atoms with van der Waals surface area (Å²) < 4.78 is 14.9. The van der Waals surface area contributed by atoms with Crippen molar-refractivity contribution in [3.63, 3.8) is 0 Å². The summed E-state index contributed by atoms with van der Waals surface area (Å²) in [6.07, 6.45) is 0. The number of hydrogen-bond acceptors (Lipinski definition) is 3. The summed E-state index contributed by atoms with van der Waals surface area (Å²) in [7, 11) is -2.66. The quantitative estimate of drug-likeness (QED) is 0.642. The van der Waals surface area contributed by atoms with Gasteiger partial charge in [-0.05, 0) is 27.7 Å². The molecule has 0 spiro atoms. The fourth-order valence-electron chi connectivity index (χ4n) is 0.307. The molecule has 0 aliphatic rings. The number of aliphatic hydroxyl groups is 1. The Balaban J connectivity index is 4.34. The minimum absolute atomic E-state index is 1.02. The molecule has 0 rings (SSSR count). The molecule has 0 saturated heterocycles. The van der Waals surface area contributed by atoms with Gasteiger partial charge in [0.25, 0.3) is 0 Å². The molecule has 0 aliphatic carbocycles. The molecule has 0 heterocycles. The molecule has 5 heteroatoms. The van der Waals surface area contributed by atoms with Crippen molar-refractivity contribution in [3.05, 3.63) is 0 Å². The molecule has 0 aromatic rings. The van der Waals surface area contributed by atoms with Crippen LogP contribution in [0.5, 0.6) is 0 Å². The third kappa shape index (κ3) is 3.25. The lowest BCUT2D eigenvalue weighted by atomic mass is 9.90. The Hall–Kier alpha value is -0.0200. The molecule has 66 valence electrons. The Bertz CT molecular complexity index is 158. The van der Waals surface area contributed by atoms with Crippen LogP contribution in [0.1, 0.15) is 27.7 Å². The minimum atomic E-state index is -2.66. The minimum Gasteiger partial charge on any atom is -0.387 e. The zero-order chi connectivity index (χ0) is 9.28. The number of hydrogen-bond donors (Lipinski definition) is 2. The normalized spacial score (nSPS) is 14.9. The molecule has 0 fully saturated rings. The topological polar surface area (TPSA) is 66.8 Å². The summed E-state index contributed by atoms with van der Waals surface area (Å²) in [5, 5.41) is 9.43. The van der Waals surface area contributed by atoms with Gasteiger partial charge in [-0.25, -0.2) is 0 Å². The summed E-state index contributed by atoms with van der Waals surface area (Å²) in [6, 6.07) is 0. The van der Waals surface area contributed by atoms with Gasteiger partial charge in [0.2, 0.25) is 0 Å². The first-order valence-corrected chi connectivity index (χ1v) is 4.37. The lowest BCUT2D eigenvalue weighted by Crippen LogP contribution is -2.45. The maximum absolute atomic E-state index is 10.3. The summed E-state index contributed by atoms with van der Waals surface area (Å²) in [5.74, 6) is 0. The van der Waals surface area contributed by atoms with Gasteiger partial charge in [0.05, 0.1) is 5.60 Å². The third-order valence-electron chi connectivity index (χ3n) is 1.78. The highest BCUT2D eigenvalue weighted by Crippen LogP contribution is 2.33. The summed E-state index contributed by atoms with van der Waals surface area (Å²) in [6.45, 7) is 6.14. The van der Waals surface area contributed by atoms with Gasteiger partial charge in [0.1, 0.15) is 5.60 Å². The molecular weight excluding hydrogens is 167 g/mol. The van der Waals surface area contributed by atoms with Crippen molar-refractivity contribution in [2.24, 2.45) is 0 Å². The average molecular weight is 181 g/mol. The first-order valence-electron chi connectivity index (χ1n) is 3.24. The zero-order valence-corrected chi connectivity index (χ0v) is 8.05. The van der Waals surface area contributed by atoms with E-state index in [-0.39, 0.29) is 0 Å². The largest absolute Gasteiger partial charge is 0.695 e. The van der Waals surface area contributed by atoms with E-state index in [0.29, 0.717) is 0 Å². The van der Waals surface area contributed by atoms with Crippen molar-refractivity contribution >= 4 is 8.25 Å². The van der Waals surface area contributed by atoms with Crippen LogP contribution in [0.4, 0.5) is 0 Å². The van der Waals surface area contributed by atoms with Crippen LogP contribution < -0.4 is 0 Å². The lowest BCUT2D eigenvalue weighted by molar-refractivity contribution is -0.0913. The predicted octanol–water partition coefficient (Wildman–Crippen LogP) is 1.20. The smallest absolute Gasteiger partial charge is 0.387 e. The highest BCUT2D eigenvalue weighted by Gasteiger charge is 2.43. The van der Waals surface area contributed by atoms with E-state index in [9.17, 15) is 9.67 Å². The van der Waals surface area contributed by atoms with E-state index in [2.05, 4.69) is 4.52 Å². The molecule has 0 amide bonds. The molecule has 2 N–H and O–H groups in total. The van der Waals surface area contributed by atoms with Crippen molar-refractivity contribution in [3.8, 4) is 0 Å². The second kappa shape index (κ2) is 3.15. The Morgan fingerprint density at radius 2 is 1.64 bits per heavy atom. The molecule has 1 atom stereocenters. The van der Waals surface area contributed by atoms with Crippen molar-refractivity contribution in [1.82, 2.24) is 0 Å². The van der Waals surface area contributed by atoms with Crippen molar-refractivity contribution in [2.45, 2.75) is 38.9 Å². The molecule has 11 heavy (non-hydrogen) atoms. The van der Waals surface area contributed by atoms with Crippen LogP contribution in [0, 0.1) is 0 Å². The Labute approximate surface area is 67.1 Å². The fraction of sp³-hybridized carbons (Fsp3) is 1.00. The van der Waals surface area contributed by atoms with E-state index in [1.165, 1.54) is 13.8 Å². The van der Waals surface area contributed by atoms with Crippen LogP contribution in [0.25, 0.3) is 0 Å².